The maximum Gasteiger partial charge on any atom is 0.0488 e. The van der Waals surface area contributed by atoms with Crippen molar-refractivity contribution >= 4 is 26.8 Å². The predicted octanol–water partition coefficient (Wildman–Crippen LogP) is 4.47. The number of rotatable bonds is 1. The van der Waals surface area contributed by atoms with Crippen LogP contribution in [0, 0.1) is 0 Å². The van der Waals surface area contributed by atoms with Crippen LogP contribution in [-0.2, 0) is 12.8 Å². The van der Waals surface area contributed by atoms with Crippen LogP contribution in [-0.4, -0.2) is 4.57 Å². The summed E-state index contributed by atoms with van der Waals surface area (Å²) in [5, 5.41) is 1.45. The van der Waals surface area contributed by atoms with Crippen molar-refractivity contribution < 1.29 is 0 Å². The minimum Gasteiger partial charge on any atom is -0.342 e. The Bertz CT molecular complexity index is 551. The molecule has 0 spiro atoms. The van der Waals surface area contributed by atoms with Crippen molar-refractivity contribution in [1.82, 2.24) is 4.57 Å². The van der Waals surface area contributed by atoms with Gasteiger partial charge in [0.05, 0.1) is 0 Å². The molecule has 0 atom stereocenters. The summed E-state index contributed by atoms with van der Waals surface area (Å²) in [5.41, 5.74) is 4.57. The summed E-state index contributed by atoms with van der Waals surface area (Å²) in [6.45, 7) is 4.56. The molecule has 1 heterocycles. The van der Waals surface area contributed by atoms with Crippen molar-refractivity contribution in [2.45, 2.75) is 39.2 Å². The van der Waals surface area contributed by atoms with Gasteiger partial charge in [0.25, 0.3) is 0 Å². The second kappa shape index (κ2) is 3.63. The Morgan fingerprint density at radius 2 is 2.06 bits per heavy atom. The number of nitrogens with zero attached hydrogens (tertiary/aromatic N) is 1. The number of fused-ring (bicyclic) bond motifs is 3. The zero-order chi connectivity index (χ0) is 11.3. The van der Waals surface area contributed by atoms with Gasteiger partial charge in [-0.3, -0.25) is 0 Å². The van der Waals surface area contributed by atoms with Gasteiger partial charge in [-0.05, 0) is 56.9 Å². The monoisotopic (exact) mass is 277 g/mol. The van der Waals surface area contributed by atoms with Crippen molar-refractivity contribution in [1.29, 1.82) is 0 Å². The quantitative estimate of drug-likeness (QED) is 0.725. The van der Waals surface area contributed by atoms with E-state index < -0.39 is 0 Å². The van der Waals surface area contributed by atoms with Gasteiger partial charge in [-0.2, -0.15) is 0 Å². The largest absolute Gasteiger partial charge is 0.342 e. The minimum absolute atomic E-state index is 0.561. The molecule has 16 heavy (non-hydrogen) atoms. The van der Waals surface area contributed by atoms with Gasteiger partial charge in [0, 0.05) is 27.1 Å². The summed E-state index contributed by atoms with van der Waals surface area (Å²) in [6.07, 6.45) is 3.82. The Labute approximate surface area is 105 Å². The molecule has 0 N–H and O–H groups in total. The lowest BCUT2D eigenvalue weighted by atomic mass is 10.1. The van der Waals surface area contributed by atoms with Gasteiger partial charge >= 0.3 is 0 Å². The highest BCUT2D eigenvalue weighted by Gasteiger charge is 2.22. The predicted molar refractivity (Wildman–Crippen MR) is 72.0 cm³/mol. The molecule has 1 aromatic heterocycles. The second-order valence-electron chi connectivity index (χ2n) is 4.90. The first-order valence-corrected chi connectivity index (χ1v) is 6.79. The van der Waals surface area contributed by atoms with Gasteiger partial charge in [-0.1, -0.05) is 15.9 Å². The normalized spacial score (nSPS) is 15.0. The summed E-state index contributed by atoms with van der Waals surface area (Å²) in [6, 6.07) is 7.23. The summed E-state index contributed by atoms with van der Waals surface area (Å²) < 4.78 is 3.71. The van der Waals surface area contributed by atoms with Crippen LogP contribution in [0.2, 0.25) is 0 Å². The van der Waals surface area contributed by atoms with E-state index in [-0.39, 0.29) is 0 Å². The van der Waals surface area contributed by atoms with Gasteiger partial charge in [0.2, 0.25) is 0 Å². The molecule has 0 aliphatic heterocycles. The van der Waals surface area contributed by atoms with Gasteiger partial charge in [-0.25, -0.2) is 0 Å². The van der Waals surface area contributed by atoms with E-state index in [4.69, 9.17) is 0 Å². The highest BCUT2D eigenvalue weighted by Crippen LogP contribution is 2.36. The maximum absolute atomic E-state index is 3.58. The topological polar surface area (TPSA) is 4.93 Å². The van der Waals surface area contributed by atoms with Crippen LogP contribution < -0.4 is 0 Å². The molecule has 1 nitrogen and oxygen atoms in total. The fraction of sp³-hybridized carbons (Fsp3) is 0.429. The molecule has 84 valence electrons. The molecule has 0 bridgehead atoms. The smallest absolute Gasteiger partial charge is 0.0488 e. The highest BCUT2D eigenvalue weighted by atomic mass is 79.9. The summed E-state index contributed by atoms with van der Waals surface area (Å²) in [4.78, 5) is 0. The Hall–Kier alpha value is -0.760. The summed E-state index contributed by atoms with van der Waals surface area (Å²) in [7, 11) is 0. The van der Waals surface area contributed by atoms with Crippen LogP contribution in [0.3, 0.4) is 0 Å². The van der Waals surface area contributed by atoms with Crippen molar-refractivity contribution in [2.24, 2.45) is 0 Å². The molecule has 2 heteroatoms. The molecule has 0 unspecified atom stereocenters. The Morgan fingerprint density at radius 1 is 1.25 bits per heavy atom. The van der Waals surface area contributed by atoms with Gasteiger partial charge in [0.1, 0.15) is 0 Å². The average molecular weight is 278 g/mol. The molecule has 0 saturated heterocycles. The van der Waals surface area contributed by atoms with Crippen LogP contribution in [0.25, 0.3) is 10.9 Å². The van der Waals surface area contributed by atoms with Crippen LogP contribution >= 0.6 is 15.9 Å². The SMILES string of the molecule is CC(C)n1c2c(c3cc(Br)ccc31)CCC2. The zero-order valence-corrected chi connectivity index (χ0v) is 11.3. The molecular formula is C14H16BrN. The number of hydrogen-bond donors (Lipinski definition) is 0. The molecule has 1 aromatic carbocycles. The van der Waals surface area contributed by atoms with Crippen molar-refractivity contribution in [3.8, 4) is 0 Å². The lowest BCUT2D eigenvalue weighted by Gasteiger charge is -2.13. The number of hydrogen-bond acceptors (Lipinski definition) is 0. The molecule has 1 aliphatic carbocycles. The number of halogens is 1. The molecule has 0 radical (unpaired) electrons. The third-order valence-corrected chi connectivity index (χ3v) is 4.03. The highest BCUT2D eigenvalue weighted by molar-refractivity contribution is 9.10. The van der Waals surface area contributed by atoms with E-state index in [1.165, 1.54) is 34.6 Å². The fourth-order valence-electron chi connectivity index (χ4n) is 2.98. The van der Waals surface area contributed by atoms with E-state index in [1.54, 1.807) is 11.3 Å². The molecule has 0 fully saturated rings. The molecule has 0 saturated carbocycles. The van der Waals surface area contributed by atoms with Gasteiger partial charge < -0.3 is 4.57 Å². The van der Waals surface area contributed by atoms with Gasteiger partial charge in [0.15, 0.2) is 0 Å². The van der Waals surface area contributed by atoms with E-state index >= 15 is 0 Å². The minimum atomic E-state index is 0.561. The number of benzene rings is 1. The van der Waals surface area contributed by atoms with E-state index in [1.807, 2.05) is 0 Å². The fourth-order valence-corrected chi connectivity index (χ4v) is 3.34. The first kappa shape index (κ1) is 10.4. The molecule has 0 amide bonds. The molecule has 3 rings (SSSR count). The first-order chi connectivity index (χ1) is 7.68. The van der Waals surface area contributed by atoms with Gasteiger partial charge in [-0.15, -0.1) is 0 Å². The van der Waals surface area contributed by atoms with E-state index in [0.29, 0.717) is 6.04 Å². The van der Waals surface area contributed by atoms with Crippen molar-refractivity contribution in [2.75, 3.05) is 0 Å². The average Bonchev–Trinajstić information content (AvgIpc) is 2.76. The van der Waals surface area contributed by atoms with Crippen LogP contribution in [0.4, 0.5) is 0 Å². The van der Waals surface area contributed by atoms with Crippen LogP contribution in [0.15, 0.2) is 22.7 Å². The zero-order valence-electron chi connectivity index (χ0n) is 9.76. The Morgan fingerprint density at radius 3 is 2.81 bits per heavy atom. The molecule has 1 aliphatic rings. The van der Waals surface area contributed by atoms with Crippen molar-refractivity contribution in [3.05, 3.63) is 33.9 Å². The standard InChI is InChI=1S/C14H16BrN/c1-9(2)16-13-5-3-4-11(13)12-8-10(15)6-7-14(12)16/h6-9H,3-5H2,1-2H3. The van der Waals surface area contributed by atoms with Crippen LogP contribution in [0.1, 0.15) is 37.6 Å². The second-order valence-corrected chi connectivity index (χ2v) is 5.82. The lowest BCUT2D eigenvalue weighted by Crippen LogP contribution is -2.04. The van der Waals surface area contributed by atoms with E-state index in [2.05, 4.69) is 52.5 Å². The Balaban J connectivity index is 2.40. The summed E-state index contributed by atoms with van der Waals surface area (Å²) >= 11 is 3.58. The third kappa shape index (κ3) is 1.36. The van der Waals surface area contributed by atoms with E-state index in [9.17, 15) is 0 Å². The van der Waals surface area contributed by atoms with Crippen LogP contribution in [0.5, 0.6) is 0 Å². The lowest BCUT2D eigenvalue weighted by molar-refractivity contribution is 0.597. The Kier molecular flexibility index (Phi) is 2.36. The summed E-state index contributed by atoms with van der Waals surface area (Å²) in [5.74, 6) is 0. The van der Waals surface area contributed by atoms with E-state index in [0.717, 1.165) is 0 Å². The van der Waals surface area contributed by atoms with Crippen molar-refractivity contribution in [3.63, 3.8) is 0 Å². The molecule has 2 aromatic rings. The number of aromatic nitrogens is 1. The maximum atomic E-state index is 3.58. The third-order valence-electron chi connectivity index (χ3n) is 3.54. The first-order valence-electron chi connectivity index (χ1n) is 5.99. The number of aryl methyl sites for hydroxylation is 1. The molecular weight excluding hydrogens is 262 g/mol.